The predicted molar refractivity (Wildman–Crippen MR) is 165 cm³/mol. The smallest absolute Gasteiger partial charge is 0.119 e. The molecule has 0 heterocycles. The van der Waals surface area contributed by atoms with Crippen LogP contribution in [-0.2, 0) is 19.0 Å². The van der Waals surface area contributed by atoms with Gasteiger partial charge in [0.05, 0.1) is 0 Å². The average Bonchev–Trinajstić information content (AvgIpc) is 2.97. The molecule has 5 aromatic rings. The summed E-state index contributed by atoms with van der Waals surface area (Å²) in [6.45, 7) is 1.21. The molecular weight excluding hydrogens is 552 g/mol. The molecule has 194 valence electrons. The van der Waals surface area contributed by atoms with Gasteiger partial charge >= 0.3 is 0 Å². The van der Waals surface area contributed by atoms with E-state index in [0.29, 0.717) is 13.2 Å². The van der Waals surface area contributed by atoms with E-state index in [4.69, 9.17) is 9.47 Å². The molecule has 0 aliphatic carbocycles. The van der Waals surface area contributed by atoms with Gasteiger partial charge in [0.15, 0.2) is 0 Å². The van der Waals surface area contributed by atoms with Crippen LogP contribution in [0.4, 0.5) is 0 Å². The number of thioether (sulfide) groups is 1. The molecule has 0 amide bonds. The minimum Gasteiger partial charge on any atom is -0.489 e. The van der Waals surface area contributed by atoms with Crippen molar-refractivity contribution in [3.63, 3.8) is 0 Å². The van der Waals surface area contributed by atoms with Gasteiger partial charge < -0.3 is 9.47 Å². The van der Waals surface area contributed by atoms with Crippen LogP contribution in [0, 0.1) is 0 Å². The number of hydrogen-bond acceptors (Lipinski definition) is 3. The van der Waals surface area contributed by atoms with E-state index < -0.39 is 0 Å². The molecular formula is C34H33BrO2S. The van der Waals surface area contributed by atoms with E-state index in [1.54, 1.807) is 0 Å². The van der Waals surface area contributed by atoms with E-state index in [-0.39, 0.29) is 7.43 Å². The third-order valence-electron chi connectivity index (χ3n) is 5.38. The highest BCUT2D eigenvalue weighted by molar-refractivity contribution is 9.10. The fourth-order valence-electron chi connectivity index (χ4n) is 3.37. The highest BCUT2D eigenvalue weighted by Gasteiger charge is 1.99. The summed E-state index contributed by atoms with van der Waals surface area (Å²) >= 11 is 5.26. The van der Waals surface area contributed by atoms with Gasteiger partial charge in [0.2, 0.25) is 0 Å². The molecule has 38 heavy (non-hydrogen) atoms. The molecule has 5 aromatic carbocycles. The summed E-state index contributed by atoms with van der Waals surface area (Å²) in [5.41, 5.74) is 3.71. The minimum atomic E-state index is 0. The predicted octanol–water partition coefficient (Wildman–Crippen LogP) is 10.2. The van der Waals surface area contributed by atoms with Gasteiger partial charge in [-0.25, -0.2) is 0 Å². The van der Waals surface area contributed by atoms with Gasteiger partial charge in [0, 0.05) is 15.1 Å². The molecule has 0 atom stereocenters. The average molecular weight is 586 g/mol. The van der Waals surface area contributed by atoms with Gasteiger partial charge in [-0.3, -0.25) is 0 Å². The molecule has 4 heteroatoms. The van der Waals surface area contributed by atoms with Crippen LogP contribution in [0.25, 0.3) is 0 Å². The van der Waals surface area contributed by atoms with E-state index in [2.05, 4.69) is 70.5 Å². The molecule has 0 unspecified atom stereocenters. The van der Waals surface area contributed by atoms with Crippen LogP contribution in [-0.4, -0.2) is 0 Å². The van der Waals surface area contributed by atoms with Crippen molar-refractivity contribution in [3.8, 4) is 11.5 Å². The van der Waals surface area contributed by atoms with E-state index in [1.165, 1.54) is 21.6 Å². The fraction of sp³-hybridized carbons (Fsp3) is 0.118. The lowest BCUT2D eigenvalue weighted by atomic mass is 10.2. The Labute approximate surface area is 239 Å². The Morgan fingerprint density at radius 1 is 0.474 bits per heavy atom. The lowest BCUT2D eigenvalue weighted by molar-refractivity contribution is 0.306. The van der Waals surface area contributed by atoms with Crippen molar-refractivity contribution in [2.24, 2.45) is 0 Å². The van der Waals surface area contributed by atoms with Crippen molar-refractivity contribution in [3.05, 3.63) is 161 Å². The zero-order chi connectivity index (χ0) is 25.5. The number of halogens is 1. The van der Waals surface area contributed by atoms with Crippen molar-refractivity contribution < 1.29 is 9.47 Å². The maximum atomic E-state index is 5.75. The maximum Gasteiger partial charge on any atom is 0.119 e. The first kappa shape index (κ1) is 29.1. The highest BCUT2D eigenvalue weighted by atomic mass is 79.9. The second-order valence-electron chi connectivity index (χ2n) is 8.25. The molecule has 0 radical (unpaired) electrons. The Bertz CT molecular complexity index is 1230. The van der Waals surface area contributed by atoms with Gasteiger partial charge in [-0.1, -0.05) is 114 Å². The molecule has 0 aliphatic heterocycles. The van der Waals surface area contributed by atoms with Gasteiger partial charge in [0.1, 0.15) is 24.7 Å². The number of ether oxygens (including phenoxy) is 2. The number of hydrogen-bond donors (Lipinski definition) is 0. The van der Waals surface area contributed by atoms with E-state index in [0.717, 1.165) is 21.7 Å². The second-order valence-corrected chi connectivity index (χ2v) is 10.2. The SMILES string of the molecule is Brc1ccc(COc2ccccc2)cc1.C.c1ccc(CSc2ccc(COc3ccccc3)cc2)cc1. The molecule has 0 fully saturated rings. The highest BCUT2D eigenvalue weighted by Crippen LogP contribution is 2.23. The summed E-state index contributed by atoms with van der Waals surface area (Å²) in [7, 11) is 0. The Hall–Kier alpha value is -3.47. The Morgan fingerprint density at radius 3 is 1.37 bits per heavy atom. The lowest BCUT2D eigenvalue weighted by Crippen LogP contribution is -1.94. The van der Waals surface area contributed by atoms with Crippen LogP contribution in [0.15, 0.2) is 149 Å². The molecule has 0 saturated heterocycles. The van der Waals surface area contributed by atoms with Crippen molar-refractivity contribution in [2.75, 3.05) is 0 Å². The summed E-state index contributed by atoms with van der Waals surface area (Å²) in [6, 6.07) is 47.0. The zero-order valence-electron chi connectivity index (χ0n) is 20.5. The first-order valence-corrected chi connectivity index (χ1v) is 13.9. The normalized spacial score (nSPS) is 9.92. The standard InChI is InChI=1S/C20H18OS.C13H11BrO.CH4/c1-3-7-18(8-4-1)16-22-20-13-11-17(12-14-20)15-21-19-9-5-2-6-10-19;14-12-8-6-11(7-9-12)10-15-13-4-2-1-3-5-13;/h1-14H,15-16H2;1-9H,10H2;1H4. The van der Waals surface area contributed by atoms with Crippen LogP contribution in [0.2, 0.25) is 0 Å². The first-order chi connectivity index (χ1) is 18.2. The fourth-order valence-corrected chi connectivity index (χ4v) is 4.49. The second kappa shape index (κ2) is 16.4. The number of benzene rings is 5. The van der Waals surface area contributed by atoms with Gasteiger partial charge in [0.25, 0.3) is 0 Å². The van der Waals surface area contributed by atoms with Crippen molar-refractivity contribution in [2.45, 2.75) is 31.3 Å². The van der Waals surface area contributed by atoms with E-state index in [1.807, 2.05) is 96.7 Å². The molecule has 2 nitrogen and oxygen atoms in total. The van der Waals surface area contributed by atoms with Crippen LogP contribution in [0.3, 0.4) is 0 Å². The molecule has 0 aromatic heterocycles. The molecule has 0 N–H and O–H groups in total. The van der Waals surface area contributed by atoms with E-state index >= 15 is 0 Å². The van der Waals surface area contributed by atoms with Crippen LogP contribution >= 0.6 is 27.7 Å². The van der Waals surface area contributed by atoms with E-state index in [9.17, 15) is 0 Å². The molecule has 0 spiro atoms. The summed E-state index contributed by atoms with van der Waals surface area (Å²) in [5.74, 6) is 2.81. The number of para-hydroxylation sites is 2. The third kappa shape index (κ3) is 10.5. The van der Waals surface area contributed by atoms with Gasteiger partial charge in [-0.2, -0.15) is 0 Å². The summed E-state index contributed by atoms with van der Waals surface area (Å²) < 4.78 is 12.5. The molecule has 0 aliphatic rings. The number of rotatable bonds is 9. The lowest BCUT2D eigenvalue weighted by Gasteiger charge is -2.07. The maximum absolute atomic E-state index is 5.75. The monoisotopic (exact) mass is 584 g/mol. The first-order valence-electron chi connectivity index (χ1n) is 12.1. The molecule has 0 saturated carbocycles. The van der Waals surface area contributed by atoms with Crippen LogP contribution in [0.5, 0.6) is 11.5 Å². The Kier molecular flexibility index (Phi) is 12.5. The van der Waals surface area contributed by atoms with Gasteiger partial charge in [-0.05, 0) is 65.2 Å². The topological polar surface area (TPSA) is 18.5 Å². The molecule has 5 rings (SSSR count). The largest absolute Gasteiger partial charge is 0.489 e. The van der Waals surface area contributed by atoms with Gasteiger partial charge in [-0.15, -0.1) is 11.8 Å². The van der Waals surface area contributed by atoms with Crippen molar-refractivity contribution in [1.82, 2.24) is 0 Å². The third-order valence-corrected chi connectivity index (χ3v) is 6.99. The van der Waals surface area contributed by atoms with Crippen LogP contribution in [0.1, 0.15) is 24.1 Å². The minimum absolute atomic E-state index is 0. The Balaban J connectivity index is 0.000000220. The Morgan fingerprint density at radius 2 is 0.895 bits per heavy atom. The summed E-state index contributed by atoms with van der Waals surface area (Å²) in [6.07, 6.45) is 0. The quantitative estimate of drug-likeness (QED) is 0.160. The summed E-state index contributed by atoms with van der Waals surface area (Å²) in [4.78, 5) is 1.28. The zero-order valence-corrected chi connectivity index (χ0v) is 22.9. The summed E-state index contributed by atoms with van der Waals surface area (Å²) in [5, 5.41) is 0. The van der Waals surface area contributed by atoms with Crippen LogP contribution < -0.4 is 9.47 Å². The van der Waals surface area contributed by atoms with Crippen molar-refractivity contribution >= 4 is 27.7 Å². The molecule has 0 bridgehead atoms. The van der Waals surface area contributed by atoms with Crippen molar-refractivity contribution in [1.29, 1.82) is 0 Å².